The highest BCUT2D eigenvalue weighted by molar-refractivity contribution is 7.80. The first-order chi connectivity index (χ1) is 7.79. The highest BCUT2D eigenvalue weighted by Gasteiger charge is 2.37. The van der Waals surface area contributed by atoms with Gasteiger partial charge in [0.1, 0.15) is 0 Å². The molecule has 0 unspecified atom stereocenters. The lowest BCUT2D eigenvalue weighted by Gasteiger charge is -2.40. The molecule has 1 N–H and O–H groups in total. The average molecular weight is 243 g/mol. The number of thiol groups is 1. The van der Waals surface area contributed by atoms with E-state index in [-0.39, 0.29) is 0 Å². The highest BCUT2D eigenvalue weighted by Crippen LogP contribution is 2.40. The van der Waals surface area contributed by atoms with Gasteiger partial charge >= 0.3 is 0 Å². The molecule has 0 spiro atoms. The van der Waals surface area contributed by atoms with Crippen molar-refractivity contribution in [2.45, 2.75) is 51.0 Å². The van der Waals surface area contributed by atoms with Gasteiger partial charge in [-0.05, 0) is 36.9 Å². The number of rotatable bonds is 6. The standard InChI is InChI=1S/C13H25NOS/c15-9-8-14(12-4-5-12)10-13(11-16)6-2-1-3-7-13/h12,15-16H,1-11H2. The van der Waals surface area contributed by atoms with Gasteiger partial charge in [-0.2, -0.15) is 12.6 Å². The molecule has 0 atom stereocenters. The zero-order valence-electron chi connectivity index (χ0n) is 10.2. The molecule has 3 heteroatoms. The van der Waals surface area contributed by atoms with Crippen LogP contribution >= 0.6 is 12.6 Å². The second kappa shape index (κ2) is 5.74. The van der Waals surface area contributed by atoms with Gasteiger partial charge in [0, 0.05) is 19.1 Å². The van der Waals surface area contributed by atoms with Gasteiger partial charge in [0.25, 0.3) is 0 Å². The van der Waals surface area contributed by atoms with Crippen LogP contribution in [-0.4, -0.2) is 41.5 Å². The molecule has 2 saturated carbocycles. The molecule has 0 heterocycles. The van der Waals surface area contributed by atoms with Crippen molar-refractivity contribution >= 4 is 12.6 Å². The summed E-state index contributed by atoms with van der Waals surface area (Å²) in [5.74, 6) is 1.02. The second-order valence-corrected chi connectivity index (χ2v) is 5.96. The molecular weight excluding hydrogens is 218 g/mol. The van der Waals surface area contributed by atoms with Crippen LogP contribution < -0.4 is 0 Å². The SMILES string of the molecule is OCCN(CC1(CS)CCCCC1)C1CC1. The van der Waals surface area contributed by atoms with Crippen molar-refractivity contribution in [2.24, 2.45) is 5.41 Å². The van der Waals surface area contributed by atoms with Gasteiger partial charge in [-0.25, -0.2) is 0 Å². The van der Waals surface area contributed by atoms with E-state index in [0.29, 0.717) is 12.0 Å². The van der Waals surface area contributed by atoms with Gasteiger partial charge in [0.15, 0.2) is 0 Å². The highest BCUT2D eigenvalue weighted by atomic mass is 32.1. The molecule has 16 heavy (non-hydrogen) atoms. The lowest BCUT2D eigenvalue weighted by atomic mass is 9.75. The van der Waals surface area contributed by atoms with Gasteiger partial charge in [-0.3, -0.25) is 4.90 Å². The zero-order chi connectivity index (χ0) is 11.4. The molecule has 0 aromatic carbocycles. The van der Waals surface area contributed by atoms with Crippen LogP contribution in [0.1, 0.15) is 44.9 Å². The zero-order valence-corrected chi connectivity index (χ0v) is 11.1. The van der Waals surface area contributed by atoms with E-state index in [2.05, 4.69) is 17.5 Å². The predicted octanol–water partition coefficient (Wildman–Crippen LogP) is 2.32. The molecule has 2 aliphatic carbocycles. The van der Waals surface area contributed by atoms with E-state index in [4.69, 9.17) is 5.11 Å². The van der Waals surface area contributed by atoms with Crippen molar-refractivity contribution < 1.29 is 5.11 Å². The summed E-state index contributed by atoms with van der Waals surface area (Å²) in [4.78, 5) is 2.52. The van der Waals surface area contributed by atoms with Crippen LogP contribution in [0.15, 0.2) is 0 Å². The summed E-state index contributed by atoms with van der Waals surface area (Å²) in [5, 5.41) is 9.14. The van der Waals surface area contributed by atoms with Crippen molar-refractivity contribution in [3.05, 3.63) is 0 Å². The van der Waals surface area contributed by atoms with E-state index >= 15 is 0 Å². The normalized spacial score (nSPS) is 24.9. The van der Waals surface area contributed by atoms with Gasteiger partial charge in [0.05, 0.1) is 6.61 Å². The van der Waals surface area contributed by atoms with Crippen LogP contribution in [0.2, 0.25) is 0 Å². The number of hydrogen-bond acceptors (Lipinski definition) is 3. The topological polar surface area (TPSA) is 23.5 Å². The number of aliphatic hydroxyl groups is 1. The third kappa shape index (κ3) is 3.14. The van der Waals surface area contributed by atoms with E-state index in [1.807, 2.05) is 0 Å². The fourth-order valence-electron chi connectivity index (χ4n) is 3.06. The van der Waals surface area contributed by atoms with Crippen LogP contribution in [0.5, 0.6) is 0 Å². The Balaban J connectivity index is 1.91. The van der Waals surface area contributed by atoms with E-state index < -0.39 is 0 Å². The summed E-state index contributed by atoms with van der Waals surface area (Å²) in [5.41, 5.74) is 0.444. The van der Waals surface area contributed by atoms with Gasteiger partial charge in [0.2, 0.25) is 0 Å². The van der Waals surface area contributed by atoms with Crippen LogP contribution in [0.4, 0.5) is 0 Å². The first-order valence-electron chi connectivity index (χ1n) is 6.75. The molecule has 0 radical (unpaired) electrons. The predicted molar refractivity (Wildman–Crippen MR) is 71.1 cm³/mol. The minimum absolute atomic E-state index is 0.305. The summed E-state index contributed by atoms with van der Waals surface area (Å²) in [6, 6.07) is 0.769. The largest absolute Gasteiger partial charge is 0.395 e. The van der Waals surface area contributed by atoms with Gasteiger partial charge in [-0.15, -0.1) is 0 Å². The fourth-order valence-corrected chi connectivity index (χ4v) is 3.47. The molecule has 0 aromatic rings. The Hall–Kier alpha value is 0.270. The van der Waals surface area contributed by atoms with E-state index in [9.17, 15) is 0 Å². The van der Waals surface area contributed by atoms with Crippen LogP contribution in [-0.2, 0) is 0 Å². The van der Waals surface area contributed by atoms with Crippen LogP contribution in [0, 0.1) is 5.41 Å². The summed E-state index contributed by atoms with van der Waals surface area (Å²) >= 11 is 4.59. The molecule has 0 saturated heterocycles. The number of nitrogens with zero attached hydrogens (tertiary/aromatic N) is 1. The second-order valence-electron chi connectivity index (χ2n) is 5.64. The van der Waals surface area contributed by atoms with Crippen LogP contribution in [0.25, 0.3) is 0 Å². The molecular formula is C13H25NOS. The lowest BCUT2D eigenvalue weighted by molar-refractivity contribution is 0.102. The Morgan fingerprint density at radius 3 is 2.38 bits per heavy atom. The Kier molecular flexibility index (Phi) is 4.57. The summed E-state index contributed by atoms with van der Waals surface area (Å²) in [7, 11) is 0. The van der Waals surface area contributed by atoms with Crippen molar-refractivity contribution in [2.75, 3.05) is 25.4 Å². The third-order valence-electron chi connectivity index (χ3n) is 4.24. The van der Waals surface area contributed by atoms with Crippen LogP contribution in [0.3, 0.4) is 0 Å². The van der Waals surface area contributed by atoms with Gasteiger partial charge in [-0.1, -0.05) is 19.3 Å². The Labute approximate surface area is 105 Å². The van der Waals surface area contributed by atoms with Gasteiger partial charge < -0.3 is 5.11 Å². The molecule has 0 aromatic heterocycles. The number of aliphatic hydroxyl groups excluding tert-OH is 1. The molecule has 0 amide bonds. The minimum Gasteiger partial charge on any atom is -0.395 e. The molecule has 0 bridgehead atoms. The van der Waals surface area contributed by atoms with Crippen molar-refractivity contribution in [3.63, 3.8) is 0 Å². The van der Waals surface area contributed by atoms with Crippen molar-refractivity contribution in [1.82, 2.24) is 4.90 Å². The summed E-state index contributed by atoms with van der Waals surface area (Å²) in [6.45, 7) is 2.33. The lowest BCUT2D eigenvalue weighted by Crippen LogP contribution is -2.42. The Morgan fingerprint density at radius 1 is 1.19 bits per heavy atom. The van der Waals surface area contributed by atoms with E-state index in [0.717, 1.165) is 18.3 Å². The monoisotopic (exact) mass is 243 g/mol. The first kappa shape index (κ1) is 12.7. The molecule has 2 nitrogen and oxygen atoms in total. The molecule has 2 fully saturated rings. The smallest absolute Gasteiger partial charge is 0.0558 e. The average Bonchev–Trinajstić information content (AvgIpc) is 3.14. The minimum atomic E-state index is 0.305. The molecule has 2 rings (SSSR count). The maximum Gasteiger partial charge on any atom is 0.0558 e. The Morgan fingerprint density at radius 2 is 1.88 bits per heavy atom. The van der Waals surface area contributed by atoms with E-state index in [1.54, 1.807) is 0 Å². The quantitative estimate of drug-likeness (QED) is 0.700. The molecule has 94 valence electrons. The van der Waals surface area contributed by atoms with Crippen molar-refractivity contribution in [3.8, 4) is 0 Å². The molecule has 0 aliphatic heterocycles. The van der Waals surface area contributed by atoms with Crippen molar-refractivity contribution in [1.29, 1.82) is 0 Å². The molecule has 2 aliphatic rings. The maximum atomic E-state index is 9.14. The summed E-state index contributed by atoms with van der Waals surface area (Å²) < 4.78 is 0. The van der Waals surface area contributed by atoms with E-state index in [1.165, 1.54) is 51.5 Å². The first-order valence-corrected chi connectivity index (χ1v) is 7.39. The third-order valence-corrected chi connectivity index (χ3v) is 4.91. The number of hydrogen-bond donors (Lipinski definition) is 2. The Bertz CT molecular complexity index is 212. The fraction of sp³-hybridized carbons (Fsp3) is 1.00. The maximum absolute atomic E-state index is 9.14. The summed E-state index contributed by atoms with van der Waals surface area (Å²) in [6.07, 6.45) is 9.50.